The molecule has 7 heteroatoms. The summed E-state index contributed by atoms with van der Waals surface area (Å²) in [6.07, 6.45) is 0.921. The number of rotatable bonds is 3. The van der Waals surface area contributed by atoms with Gasteiger partial charge in [0.15, 0.2) is 5.82 Å². The first-order valence-corrected chi connectivity index (χ1v) is 5.54. The van der Waals surface area contributed by atoms with E-state index in [0.29, 0.717) is 12.2 Å². The van der Waals surface area contributed by atoms with Crippen LogP contribution in [0.4, 0.5) is 0 Å². The molecule has 1 unspecified atom stereocenters. The number of imide groups is 1. The summed E-state index contributed by atoms with van der Waals surface area (Å²) in [6.45, 7) is 3.84. The number of tetrazole rings is 1. The molecule has 0 aromatic carbocycles. The number of amides is 2. The fourth-order valence-electron chi connectivity index (χ4n) is 1.91. The third-order valence-electron chi connectivity index (χ3n) is 3.23. The van der Waals surface area contributed by atoms with Crippen molar-refractivity contribution in [1.82, 2.24) is 25.1 Å². The first kappa shape index (κ1) is 11.7. The van der Waals surface area contributed by atoms with E-state index in [1.54, 1.807) is 7.05 Å². The Kier molecular flexibility index (Phi) is 2.68. The number of carbonyl (C=O) groups is 2. The van der Waals surface area contributed by atoms with Crippen LogP contribution in [0.1, 0.15) is 32.5 Å². The van der Waals surface area contributed by atoms with Crippen molar-refractivity contribution in [3.8, 4) is 0 Å². The molecule has 0 N–H and O–H groups in total. The minimum absolute atomic E-state index is 0.112. The Morgan fingerprint density at radius 1 is 1.41 bits per heavy atom. The average Bonchev–Trinajstić information content (AvgIpc) is 2.78. The predicted molar refractivity (Wildman–Crippen MR) is 57.4 cm³/mol. The van der Waals surface area contributed by atoms with E-state index in [1.165, 1.54) is 9.70 Å². The fraction of sp³-hybridized carbons (Fsp3) is 0.700. The lowest BCUT2D eigenvalue weighted by Gasteiger charge is -2.19. The topological polar surface area (TPSA) is 81.0 Å². The average molecular weight is 237 g/mol. The summed E-state index contributed by atoms with van der Waals surface area (Å²) in [5, 5.41) is 11.4. The zero-order valence-electron chi connectivity index (χ0n) is 10.2. The summed E-state index contributed by atoms with van der Waals surface area (Å²) < 4.78 is 0. The molecule has 0 spiro atoms. The molecule has 92 valence electrons. The van der Waals surface area contributed by atoms with Gasteiger partial charge in [-0.05, 0) is 11.6 Å². The van der Waals surface area contributed by atoms with Crippen LogP contribution in [0.2, 0.25) is 0 Å². The summed E-state index contributed by atoms with van der Waals surface area (Å²) in [5.41, 5.74) is -0.570. The molecule has 7 nitrogen and oxygen atoms in total. The third kappa shape index (κ3) is 1.92. The molecule has 0 saturated carbocycles. The first-order valence-electron chi connectivity index (χ1n) is 5.54. The second-order valence-electron chi connectivity index (χ2n) is 4.57. The van der Waals surface area contributed by atoms with Gasteiger partial charge in [-0.2, -0.15) is 4.80 Å². The highest BCUT2D eigenvalue weighted by Gasteiger charge is 2.47. The molecular weight excluding hydrogens is 222 g/mol. The van der Waals surface area contributed by atoms with Crippen molar-refractivity contribution in [3.63, 3.8) is 0 Å². The minimum Gasteiger partial charge on any atom is -0.274 e. The van der Waals surface area contributed by atoms with Gasteiger partial charge in [0.05, 0.1) is 19.0 Å². The highest BCUT2D eigenvalue weighted by atomic mass is 16.2. The Morgan fingerprint density at radius 3 is 2.59 bits per heavy atom. The SMILES string of the molecule is CCC1(C)CC(=O)N(Cc2nnn(C)n2)C1=O. The van der Waals surface area contributed by atoms with Crippen LogP contribution in [-0.4, -0.2) is 36.9 Å². The molecule has 1 aromatic heterocycles. The van der Waals surface area contributed by atoms with Crippen molar-refractivity contribution < 1.29 is 9.59 Å². The van der Waals surface area contributed by atoms with Crippen molar-refractivity contribution in [1.29, 1.82) is 0 Å². The highest BCUT2D eigenvalue weighted by Crippen LogP contribution is 2.35. The summed E-state index contributed by atoms with van der Waals surface area (Å²) in [6, 6.07) is 0. The normalized spacial score (nSPS) is 24.8. The molecule has 0 bridgehead atoms. The van der Waals surface area contributed by atoms with E-state index in [9.17, 15) is 9.59 Å². The van der Waals surface area contributed by atoms with E-state index >= 15 is 0 Å². The molecular formula is C10H15N5O2. The number of aryl methyl sites for hydroxylation is 1. The summed E-state index contributed by atoms with van der Waals surface area (Å²) in [7, 11) is 1.64. The van der Waals surface area contributed by atoms with Crippen LogP contribution in [0, 0.1) is 5.41 Å². The van der Waals surface area contributed by atoms with Crippen molar-refractivity contribution in [2.24, 2.45) is 12.5 Å². The molecule has 2 amide bonds. The maximum absolute atomic E-state index is 12.1. The lowest BCUT2D eigenvalue weighted by atomic mass is 9.86. The van der Waals surface area contributed by atoms with E-state index in [4.69, 9.17) is 0 Å². The first-order chi connectivity index (χ1) is 7.96. The lowest BCUT2D eigenvalue weighted by Crippen LogP contribution is -2.33. The van der Waals surface area contributed by atoms with Crippen LogP contribution in [0.25, 0.3) is 0 Å². The molecule has 1 aromatic rings. The summed E-state index contributed by atoms with van der Waals surface area (Å²) in [5.74, 6) is 0.0822. The molecule has 1 aliphatic heterocycles. The Labute approximate surface area is 98.8 Å². The van der Waals surface area contributed by atoms with Crippen molar-refractivity contribution in [2.75, 3.05) is 0 Å². The largest absolute Gasteiger partial charge is 0.274 e. The second kappa shape index (κ2) is 3.90. The van der Waals surface area contributed by atoms with E-state index < -0.39 is 5.41 Å². The van der Waals surface area contributed by atoms with Gasteiger partial charge in [-0.3, -0.25) is 14.5 Å². The number of carbonyl (C=O) groups excluding carboxylic acids is 2. The Balaban J connectivity index is 2.17. The van der Waals surface area contributed by atoms with Crippen molar-refractivity contribution >= 4 is 11.8 Å². The van der Waals surface area contributed by atoms with E-state index in [-0.39, 0.29) is 24.8 Å². The van der Waals surface area contributed by atoms with Crippen LogP contribution in [0.15, 0.2) is 0 Å². The van der Waals surface area contributed by atoms with E-state index in [2.05, 4.69) is 15.4 Å². The zero-order valence-corrected chi connectivity index (χ0v) is 10.2. The molecule has 2 rings (SSSR count). The Bertz CT molecular complexity index is 469. The van der Waals surface area contributed by atoms with Crippen molar-refractivity contribution in [3.05, 3.63) is 5.82 Å². The number of hydrogen-bond acceptors (Lipinski definition) is 5. The maximum Gasteiger partial charge on any atom is 0.236 e. The number of likely N-dealkylation sites (tertiary alicyclic amines) is 1. The van der Waals surface area contributed by atoms with Crippen molar-refractivity contribution in [2.45, 2.75) is 33.2 Å². The monoisotopic (exact) mass is 237 g/mol. The third-order valence-corrected chi connectivity index (χ3v) is 3.23. The highest BCUT2D eigenvalue weighted by molar-refractivity contribution is 6.05. The number of aromatic nitrogens is 4. The fourth-order valence-corrected chi connectivity index (χ4v) is 1.91. The van der Waals surface area contributed by atoms with Crippen LogP contribution >= 0.6 is 0 Å². The van der Waals surface area contributed by atoms with Gasteiger partial charge in [-0.1, -0.05) is 13.8 Å². The van der Waals surface area contributed by atoms with Crippen LogP contribution < -0.4 is 0 Å². The quantitative estimate of drug-likeness (QED) is 0.685. The van der Waals surface area contributed by atoms with Crippen LogP contribution in [0.3, 0.4) is 0 Å². The molecule has 2 heterocycles. The minimum atomic E-state index is -0.570. The smallest absolute Gasteiger partial charge is 0.236 e. The molecule has 1 saturated heterocycles. The van der Waals surface area contributed by atoms with Gasteiger partial charge >= 0.3 is 0 Å². The van der Waals surface area contributed by atoms with E-state index in [1.807, 2.05) is 13.8 Å². The van der Waals surface area contributed by atoms with Gasteiger partial charge in [-0.15, -0.1) is 10.2 Å². The Hall–Kier alpha value is -1.79. The lowest BCUT2D eigenvalue weighted by molar-refractivity contribution is -0.142. The van der Waals surface area contributed by atoms with Gasteiger partial charge < -0.3 is 0 Å². The van der Waals surface area contributed by atoms with E-state index in [0.717, 1.165) is 0 Å². The van der Waals surface area contributed by atoms with Gasteiger partial charge in [0, 0.05) is 6.42 Å². The standard InChI is InChI=1S/C10H15N5O2/c1-4-10(2)5-8(16)15(9(10)17)6-7-11-13-14(3)12-7/h4-6H2,1-3H3. The molecule has 0 radical (unpaired) electrons. The zero-order chi connectivity index (χ0) is 12.6. The molecule has 1 atom stereocenters. The van der Waals surface area contributed by atoms with Gasteiger partial charge in [0.1, 0.15) is 0 Å². The summed E-state index contributed by atoms with van der Waals surface area (Å²) in [4.78, 5) is 26.4. The van der Waals surface area contributed by atoms with Crippen LogP contribution in [-0.2, 0) is 23.2 Å². The predicted octanol–water partition coefficient (Wildman–Crippen LogP) is -0.115. The molecule has 0 aliphatic carbocycles. The molecule has 17 heavy (non-hydrogen) atoms. The maximum atomic E-state index is 12.1. The summed E-state index contributed by atoms with van der Waals surface area (Å²) >= 11 is 0. The Morgan fingerprint density at radius 2 is 2.12 bits per heavy atom. The number of hydrogen-bond donors (Lipinski definition) is 0. The molecule has 1 aliphatic rings. The second-order valence-corrected chi connectivity index (χ2v) is 4.57. The van der Waals surface area contributed by atoms with Gasteiger partial charge in [0.2, 0.25) is 11.8 Å². The van der Waals surface area contributed by atoms with Crippen LogP contribution in [0.5, 0.6) is 0 Å². The molecule has 1 fully saturated rings. The van der Waals surface area contributed by atoms with Gasteiger partial charge in [-0.25, -0.2) is 0 Å². The number of nitrogens with zero attached hydrogens (tertiary/aromatic N) is 5. The van der Waals surface area contributed by atoms with Gasteiger partial charge in [0.25, 0.3) is 0 Å².